The van der Waals surface area contributed by atoms with E-state index >= 15 is 0 Å². The van der Waals surface area contributed by atoms with Crippen molar-refractivity contribution in [3.8, 4) is 5.75 Å². The third-order valence-electron chi connectivity index (χ3n) is 4.73. The van der Waals surface area contributed by atoms with Crippen LogP contribution in [0, 0.1) is 0 Å². The smallest absolute Gasteiger partial charge is 0.325 e. The molecule has 0 radical (unpaired) electrons. The molecule has 0 aliphatic heterocycles. The number of carbonyl (C=O) groups excluding carboxylic acids is 3. The van der Waals surface area contributed by atoms with Gasteiger partial charge in [0.15, 0.2) is 0 Å². The summed E-state index contributed by atoms with van der Waals surface area (Å²) in [5.74, 6) is -1.12. The molecule has 0 unspecified atom stereocenters. The van der Waals surface area contributed by atoms with Gasteiger partial charge in [-0.25, -0.2) is 0 Å². The summed E-state index contributed by atoms with van der Waals surface area (Å²) in [7, 11) is 2.45. The highest BCUT2D eigenvalue weighted by Crippen LogP contribution is 2.16. The van der Waals surface area contributed by atoms with E-state index in [1.54, 1.807) is 24.3 Å². The van der Waals surface area contributed by atoms with Crippen molar-refractivity contribution in [1.82, 2.24) is 4.90 Å². The minimum atomic E-state index is -0.616. The van der Waals surface area contributed by atoms with Gasteiger partial charge in [0.25, 0.3) is 5.91 Å². The molecule has 168 valence electrons. The summed E-state index contributed by atoms with van der Waals surface area (Å²) < 4.78 is 15.0. The van der Waals surface area contributed by atoms with E-state index < -0.39 is 17.8 Å². The summed E-state index contributed by atoms with van der Waals surface area (Å²) in [6.07, 6.45) is 9.75. The van der Waals surface area contributed by atoms with Gasteiger partial charge in [0.2, 0.25) is 0 Å². The van der Waals surface area contributed by atoms with Crippen molar-refractivity contribution in [2.45, 2.75) is 58.3 Å². The van der Waals surface area contributed by atoms with Crippen LogP contribution in [-0.4, -0.2) is 56.7 Å². The summed E-state index contributed by atoms with van der Waals surface area (Å²) in [4.78, 5) is 37.1. The van der Waals surface area contributed by atoms with E-state index in [1.165, 1.54) is 52.7 Å². The Morgan fingerprint density at radius 1 is 0.833 bits per heavy atom. The molecule has 0 heterocycles. The van der Waals surface area contributed by atoms with Gasteiger partial charge in [-0.05, 0) is 24.6 Å². The molecule has 0 N–H and O–H groups in total. The van der Waals surface area contributed by atoms with E-state index in [-0.39, 0.29) is 13.1 Å². The van der Waals surface area contributed by atoms with Crippen molar-refractivity contribution in [3.05, 3.63) is 29.8 Å². The first-order valence-electron chi connectivity index (χ1n) is 10.7. The lowest BCUT2D eigenvalue weighted by Crippen LogP contribution is -2.40. The molecule has 0 atom stereocenters. The SMILES string of the molecule is CCCCCCCCCCOc1cccc(C(=O)N(CC(=O)OC)CC(=O)OC)c1. The number of hydrogen-bond donors (Lipinski definition) is 0. The molecule has 1 rings (SSSR count). The van der Waals surface area contributed by atoms with Gasteiger partial charge in [0.1, 0.15) is 18.8 Å². The monoisotopic (exact) mass is 421 g/mol. The van der Waals surface area contributed by atoms with E-state index in [9.17, 15) is 14.4 Å². The second-order valence-electron chi connectivity index (χ2n) is 7.16. The largest absolute Gasteiger partial charge is 0.494 e. The van der Waals surface area contributed by atoms with Crippen LogP contribution in [0.2, 0.25) is 0 Å². The number of esters is 2. The van der Waals surface area contributed by atoms with Crippen molar-refractivity contribution in [3.63, 3.8) is 0 Å². The molecule has 7 heteroatoms. The molecule has 7 nitrogen and oxygen atoms in total. The lowest BCUT2D eigenvalue weighted by molar-refractivity contribution is -0.144. The van der Waals surface area contributed by atoms with Crippen LogP contribution in [0.3, 0.4) is 0 Å². The number of benzene rings is 1. The molecule has 1 aromatic carbocycles. The first kappa shape index (κ1) is 25.5. The zero-order valence-electron chi connectivity index (χ0n) is 18.5. The van der Waals surface area contributed by atoms with Crippen molar-refractivity contribution in [1.29, 1.82) is 0 Å². The highest BCUT2D eigenvalue weighted by molar-refractivity contribution is 5.98. The average molecular weight is 422 g/mol. The van der Waals surface area contributed by atoms with Crippen LogP contribution < -0.4 is 4.74 Å². The maximum Gasteiger partial charge on any atom is 0.325 e. The van der Waals surface area contributed by atoms with Crippen LogP contribution in [0.15, 0.2) is 24.3 Å². The first-order valence-corrected chi connectivity index (χ1v) is 10.7. The van der Waals surface area contributed by atoms with Crippen molar-refractivity contribution in [2.75, 3.05) is 33.9 Å². The zero-order valence-corrected chi connectivity index (χ0v) is 18.5. The molecule has 1 aromatic rings. The van der Waals surface area contributed by atoms with Gasteiger partial charge < -0.3 is 19.1 Å². The number of hydrogen-bond acceptors (Lipinski definition) is 6. The maximum atomic E-state index is 12.8. The summed E-state index contributed by atoms with van der Waals surface area (Å²) in [5.41, 5.74) is 0.330. The minimum Gasteiger partial charge on any atom is -0.494 e. The third-order valence-corrected chi connectivity index (χ3v) is 4.73. The Bertz CT molecular complexity index is 643. The number of nitrogens with zero attached hydrogens (tertiary/aromatic N) is 1. The second kappa shape index (κ2) is 15.3. The van der Waals surface area contributed by atoms with Crippen LogP contribution in [0.1, 0.15) is 68.6 Å². The maximum absolute atomic E-state index is 12.8. The van der Waals surface area contributed by atoms with Crippen molar-refractivity contribution < 1.29 is 28.6 Å². The van der Waals surface area contributed by atoms with E-state index in [0.29, 0.717) is 17.9 Å². The highest BCUT2D eigenvalue weighted by atomic mass is 16.5. The Labute approximate surface area is 179 Å². The summed E-state index contributed by atoms with van der Waals surface area (Å²) in [6.45, 7) is 2.12. The number of amides is 1. The number of rotatable bonds is 15. The Hall–Kier alpha value is -2.57. The molecule has 0 saturated carbocycles. The predicted octanol–water partition coefficient (Wildman–Crippen LogP) is 3.99. The molecular formula is C23H35NO6. The molecule has 1 amide bonds. The molecule has 0 fully saturated rings. The normalized spacial score (nSPS) is 10.4. The molecular weight excluding hydrogens is 386 g/mol. The Morgan fingerprint density at radius 3 is 1.97 bits per heavy atom. The molecule has 0 saturated heterocycles. The summed E-state index contributed by atoms with van der Waals surface area (Å²) in [6, 6.07) is 6.74. The van der Waals surface area contributed by atoms with E-state index in [1.807, 2.05) is 0 Å². The molecule has 0 bridgehead atoms. The summed E-state index contributed by atoms with van der Waals surface area (Å²) in [5, 5.41) is 0. The molecule has 0 aromatic heterocycles. The topological polar surface area (TPSA) is 82.1 Å². The third kappa shape index (κ3) is 10.3. The van der Waals surface area contributed by atoms with E-state index in [4.69, 9.17) is 4.74 Å². The van der Waals surface area contributed by atoms with E-state index in [0.717, 1.165) is 17.7 Å². The van der Waals surface area contributed by atoms with Gasteiger partial charge in [0, 0.05) is 5.56 Å². The quantitative estimate of drug-likeness (QED) is 0.315. The standard InChI is InChI=1S/C23H35NO6/c1-4-5-6-7-8-9-10-11-15-30-20-14-12-13-19(16-20)23(27)24(17-21(25)28-2)18-22(26)29-3/h12-14,16H,4-11,15,17-18H2,1-3H3. The van der Waals surface area contributed by atoms with E-state index in [2.05, 4.69) is 16.4 Å². The van der Waals surface area contributed by atoms with Gasteiger partial charge in [-0.2, -0.15) is 0 Å². The molecule has 30 heavy (non-hydrogen) atoms. The van der Waals surface area contributed by atoms with Crippen molar-refractivity contribution in [2.24, 2.45) is 0 Å². The summed E-state index contributed by atoms with van der Waals surface area (Å²) >= 11 is 0. The van der Waals surface area contributed by atoms with Gasteiger partial charge in [-0.3, -0.25) is 14.4 Å². The molecule has 0 aliphatic rings. The number of unbranched alkanes of at least 4 members (excludes halogenated alkanes) is 7. The Balaban J connectivity index is 2.54. The average Bonchev–Trinajstić information content (AvgIpc) is 2.76. The van der Waals surface area contributed by atoms with Crippen molar-refractivity contribution >= 4 is 17.8 Å². The van der Waals surface area contributed by atoms with Gasteiger partial charge >= 0.3 is 11.9 Å². The predicted molar refractivity (Wildman–Crippen MR) is 114 cm³/mol. The zero-order chi connectivity index (χ0) is 22.2. The van der Waals surface area contributed by atoms with Crippen LogP contribution in [-0.2, 0) is 19.1 Å². The lowest BCUT2D eigenvalue weighted by atomic mass is 10.1. The van der Waals surface area contributed by atoms with Crippen LogP contribution in [0.4, 0.5) is 0 Å². The number of carbonyl (C=O) groups is 3. The lowest BCUT2D eigenvalue weighted by Gasteiger charge is -2.20. The van der Waals surface area contributed by atoms with Gasteiger partial charge in [-0.1, -0.05) is 57.9 Å². The second-order valence-corrected chi connectivity index (χ2v) is 7.16. The fraction of sp³-hybridized carbons (Fsp3) is 0.609. The fourth-order valence-electron chi connectivity index (χ4n) is 2.97. The number of ether oxygens (including phenoxy) is 3. The van der Waals surface area contributed by atoms with Crippen LogP contribution >= 0.6 is 0 Å². The van der Waals surface area contributed by atoms with Crippen LogP contribution in [0.5, 0.6) is 5.75 Å². The first-order chi connectivity index (χ1) is 14.5. The minimum absolute atomic E-state index is 0.330. The Kier molecular flexibility index (Phi) is 13.0. The van der Waals surface area contributed by atoms with Crippen LogP contribution in [0.25, 0.3) is 0 Å². The van der Waals surface area contributed by atoms with Gasteiger partial charge in [0.05, 0.1) is 20.8 Å². The number of methoxy groups -OCH3 is 2. The Morgan fingerprint density at radius 2 is 1.40 bits per heavy atom. The highest BCUT2D eigenvalue weighted by Gasteiger charge is 2.22. The van der Waals surface area contributed by atoms with Gasteiger partial charge in [-0.15, -0.1) is 0 Å². The fourth-order valence-corrected chi connectivity index (χ4v) is 2.97. The molecule has 0 spiro atoms. The molecule has 0 aliphatic carbocycles.